The maximum atomic E-state index is 13.0. The van der Waals surface area contributed by atoms with E-state index in [9.17, 15) is 22.8 Å². The van der Waals surface area contributed by atoms with Crippen LogP contribution < -0.4 is 0 Å². The van der Waals surface area contributed by atoms with Crippen molar-refractivity contribution in [3.63, 3.8) is 0 Å². The Hall–Kier alpha value is -0.940. The van der Waals surface area contributed by atoms with Crippen molar-refractivity contribution < 1.29 is 44.4 Å². The summed E-state index contributed by atoms with van der Waals surface area (Å²) in [5, 5.41) is 0. The molecule has 0 aliphatic heterocycles. The van der Waals surface area contributed by atoms with Gasteiger partial charge in [-0.2, -0.15) is 8.42 Å². The van der Waals surface area contributed by atoms with Crippen molar-refractivity contribution in [1.82, 2.24) is 0 Å². The molecule has 0 aliphatic rings. The molecule has 0 rings (SSSR count). The molecule has 32 heavy (non-hydrogen) atoms. The van der Waals surface area contributed by atoms with Crippen LogP contribution in [0.15, 0.2) is 24.3 Å². The second-order valence-electron chi connectivity index (χ2n) is 7.58. The Kier molecular flexibility index (Phi) is 17.3. The van der Waals surface area contributed by atoms with Crippen molar-refractivity contribution in [2.24, 2.45) is 5.41 Å². The number of esters is 3. The van der Waals surface area contributed by atoms with Gasteiger partial charge in [0, 0.05) is 11.1 Å². The first-order chi connectivity index (χ1) is 14.3. The third-order valence-electron chi connectivity index (χ3n) is 4.38. The Labute approximate surface area is 223 Å². The van der Waals surface area contributed by atoms with Gasteiger partial charge in [-0.05, 0) is 26.7 Å². The van der Waals surface area contributed by atoms with Gasteiger partial charge in [-0.25, -0.2) is 9.59 Å². The van der Waals surface area contributed by atoms with Gasteiger partial charge in [-0.15, -0.1) is 0 Å². The zero-order chi connectivity index (χ0) is 24.1. The predicted molar refractivity (Wildman–Crippen MR) is 123 cm³/mol. The normalized spacial score (nSPS) is 11.1. The maximum absolute atomic E-state index is 13.0. The second kappa shape index (κ2) is 16.6. The minimum absolute atomic E-state index is 0. The third kappa shape index (κ3) is 14.3. The summed E-state index contributed by atoms with van der Waals surface area (Å²) in [6.45, 7) is 10.9. The molecule has 0 aromatic rings. The van der Waals surface area contributed by atoms with E-state index in [1.165, 1.54) is 13.8 Å². The fourth-order valence-corrected chi connectivity index (χ4v) is 2.99. The smallest absolute Gasteiger partial charge is 1.00 e. The van der Waals surface area contributed by atoms with Crippen LogP contribution in [0.4, 0.5) is 0 Å². The first kappa shape index (κ1) is 33.2. The van der Waals surface area contributed by atoms with Crippen LogP contribution in [-0.2, 0) is 38.7 Å². The van der Waals surface area contributed by atoms with E-state index >= 15 is 0 Å². The van der Waals surface area contributed by atoms with Crippen LogP contribution in [0.25, 0.3) is 0 Å². The SMILES string of the molecule is C=C(C)C(=O)OCC(CCCCCC)(COC(=O)C(=C)C)C(=O)OCCCS(=O)(=O)O.[Ca+2].[H-].[H-]. The molecule has 0 aromatic heterocycles. The summed E-state index contributed by atoms with van der Waals surface area (Å²) < 4.78 is 46.1. The van der Waals surface area contributed by atoms with Crippen LogP contribution in [0.3, 0.4) is 0 Å². The minimum atomic E-state index is -4.19. The average Bonchev–Trinajstić information content (AvgIpc) is 2.68. The molecule has 0 saturated carbocycles. The predicted octanol–water partition coefficient (Wildman–Crippen LogP) is 2.85. The van der Waals surface area contributed by atoms with Crippen LogP contribution in [0.1, 0.15) is 62.1 Å². The minimum Gasteiger partial charge on any atom is -1.00 e. The van der Waals surface area contributed by atoms with Gasteiger partial charge >= 0.3 is 55.6 Å². The van der Waals surface area contributed by atoms with E-state index in [4.69, 9.17) is 18.8 Å². The van der Waals surface area contributed by atoms with Crippen LogP contribution >= 0.6 is 0 Å². The average molecular weight is 505 g/mol. The number of rotatable bonds is 16. The van der Waals surface area contributed by atoms with E-state index in [0.29, 0.717) is 6.42 Å². The molecule has 0 radical (unpaired) electrons. The number of hydrogen-bond donors (Lipinski definition) is 1. The van der Waals surface area contributed by atoms with E-state index in [2.05, 4.69) is 13.2 Å². The topological polar surface area (TPSA) is 133 Å². The van der Waals surface area contributed by atoms with Gasteiger partial charge in [-0.3, -0.25) is 9.35 Å². The molecule has 0 unspecified atom stereocenters. The van der Waals surface area contributed by atoms with Gasteiger partial charge in [-0.1, -0.05) is 45.8 Å². The van der Waals surface area contributed by atoms with Crippen molar-refractivity contribution in [1.29, 1.82) is 0 Å². The van der Waals surface area contributed by atoms with Crippen molar-refractivity contribution in [3.05, 3.63) is 24.3 Å². The van der Waals surface area contributed by atoms with E-state index in [1.807, 2.05) is 6.92 Å². The van der Waals surface area contributed by atoms with Crippen molar-refractivity contribution in [2.75, 3.05) is 25.6 Å². The number of unbranched alkanes of at least 4 members (excludes halogenated alkanes) is 3. The van der Waals surface area contributed by atoms with Crippen LogP contribution in [-0.4, -0.2) is 94.2 Å². The standard InChI is InChI=1S/C21H34O9S.Ca.2H/c1-6-7-8-9-11-21(14-29-18(22)16(2)3,15-30-19(23)17(4)5)20(24)28-12-10-13-31(25,26)27;;;/h2,4,6-15H2,1,3,5H3,(H,25,26,27);;;/q;+2;2*-1. The summed E-state index contributed by atoms with van der Waals surface area (Å²) in [6, 6.07) is 0. The van der Waals surface area contributed by atoms with E-state index in [0.717, 1.165) is 19.3 Å². The van der Waals surface area contributed by atoms with Gasteiger partial charge in [0.25, 0.3) is 10.1 Å². The second-order valence-corrected chi connectivity index (χ2v) is 9.15. The molecular weight excluding hydrogens is 468 g/mol. The molecule has 0 amide bonds. The molecule has 182 valence electrons. The van der Waals surface area contributed by atoms with Crippen molar-refractivity contribution in [2.45, 2.75) is 59.3 Å². The third-order valence-corrected chi connectivity index (χ3v) is 5.18. The zero-order valence-corrected chi connectivity index (χ0v) is 22.3. The number of hydrogen-bond acceptors (Lipinski definition) is 8. The molecule has 0 saturated heterocycles. The van der Waals surface area contributed by atoms with Crippen LogP contribution in [0.2, 0.25) is 0 Å². The van der Waals surface area contributed by atoms with Crippen molar-refractivity contribution in [3.8, 4) is 0 Å². The first-order valence-electron chi connectivity index (χ1n) is 10.1. The Balaban J connectivity index is -0.00000150. The zero-order valence-electron chi connectivity index (χ0n) is 21.3. The molecule has 9 nitrogen and oxygen atoms in total. The molecule has 0 aliphatic carbocycles. The quantitative estimate of drug-likeness (QED) is 0.0841. The largest absolute Gasteiger partial charge is 2.00 e. The molecule has 0 bridgehead atoms. The molecule has 1 N–H and O–H groups in total. The van der Waals surface area contributed by atoms with Gasteiger partial charge in [0.15, 0.2) is 0 Å². The Morgan fingerprint density at radius 2 is 1.41 bits per heavy atom. The van der Waals surface area contributed by atoms with Gasteiger partial charge in [0.2, 0.25) is 0 Å². The van der Waals surface area contributed by atoms with Gasteiger partial charge < -0.3 is 17.1 Å². The fraction of sp³-hybridized carbons (Fsp3) is 0.667. The molecule has 0 aromatic carbocycles. The number of carbonyl (C=O) groups excluding carboxylic acids is 3. The van der Waals surface area contributed by atoms with Crippen LogP contribution in [0.5, 0.6) is 0 Å². The van der Waals surface area contributed by atoms with Gasteiger partial charge in [0.05, 0.1) is 12.4 Å². The molecule has 0 spiro atoms. The molecule has 0 fully saturated rings. The molecule has 0 atom stereocenters. The Bertz CT molecular complexity index is 740. The van der Waals surface area contributed by atoms with Crippen LogP contribution in [0, 0.1) is 5.41 Å². The summed E-state index contributed by atoms with van der Waals surface area (Å²) in [5.74, 6) is -2.77. The summed E-state index contributed by atoms with van der Waals surface area (Å²) in [7, 11) is -4.19. The Morgan fingerprint density at radius 1 is 0.906 bits per heavy atom. The maximum Gasteiger partial charge on any atom is 2.00 e. The number of carbonyl (C=O) groups is 3. The first-order valence-corrected chi connectivity index (χ1v) is 11.7. The monoisotopic (exact) mass is 504 g/mol. The van der Waals surface area contributed by atoms with E-state index < -0.39 is 52.4 Å². The van der Waals surface area contributed by atoms with Crippen molar-refractivity contribution >= 4 is 65.8 Å². The molecule has 11 heteroatoms. The van der Waals surface area contributed by atoms with E-state index in [1.54, 1.807) is 0 Å². The summed E-state index contributed by atoms with van der Waals surface area (Å²) in [6.07, 6.45) is 3.38. The van der Waals surface area contributed by atoms with Gasteiger partial charge in [0.1, 0.15) is 18.6 Å². The summed E-state index contributed by atoms with van der Waals surface area (Å²) >= 11 is 0. The molecular formula is C21H36CaO9S. The molecule has 0 heterocycles. The Morgan fingerprint density at radius 3 is 1.81 bits per heavy atom. The summed E-state index contributed by atoms with van der Waals surface area (Å²) in [5.41, 5.74) is -1.19. The fourth-order valence-electron chi connectivity index (χ4n) is 2.51. The van der Waals surface area contributed by atoms with E-state index in [-0.39, 0.29) is 71.2 Å². The number of ether oxygens (including phenoxy) is 3. The summed E-state index contributed by atoms with van der Waals surface area (Å²) in [4.78, 5) is 36.8.